The number of nitrogens with zero attached hydrogens (tertiary/aromatic N) is 2. The molecule has 4 rings (SSSR count). The first-order valence-corrected chi connectivity index (χ1v) is 10.6. The summed E-state index contributed by atoms with van der Waals surface area (Å²) in [4.78, 5) is 5.32. The molecule has 0 aliphatic rings. The second-order valence-corrected chi connectivity index (χ2v) is 8.97. The SMILES string of the molecule is CC(C)Sc1cc(OCc2ccccc2F)c2[nH]nc(Nc3nccs3)c2c1. The Bertz CT molecular complexity index is 1080. The molecule has 0 fully saturated rings. The minimum Gasteiger partial charge on any atom is -0.486 e. The van der Waals surface area contributed by atoms with E-state index in [1.54, 1.807) is 36.2 Å². The molecule has 4 aromatic rings. The highest BCUT2D eigenvalue weighted by molar-refractivity contribution is 7.99. The number of aromatic amines is 1. The van der Waals surface area contributed by atoms with E-state index in [2.05, 4.69) is 40.4 Å². The molecule has 144 valence electrons. The average molecular weight is 415 g/mol. The van der Waals surface area contributed by atoms with Crippen molar-refractivity contribution in [2.75, 3.05) is 5.32 Å². The molecule has 8 heteroatoms. The summed E-state index contributed by atoms with van der Waals surface area (Å²) in [5, 5.41) is 14.7. The molecule has 0 spiro atoms. The fourth-order valence-electron chi connectivity index (χ4n) is 2.77. The Morgan fingerprint density at radius 2 is 2.14 bits per heavy atom. The fraction of sp³-hybridized carbons (Fsp3) is 0.200. The smallest absolute Gasteiger partial charge is 0.188 e. The maximum Gasteiger partial charge on any atom is 0.188 e. The fourth-order valence-corrected chi connectivity index (χ4v) is 4.20. The standard InChI is InChI=1S/C20H19FN4OS2/c1-12(2)28-14-9-15-18(24-25-19(15)23-20-22-7-8-27-20)17(10-14)26-11-13-5-3-4-6-16(13)21/h3-10,12H,11H2,1-2H3,(H2,22,23,24,25). The van der Waals surface area contributed by atoms with E-state index in [0.717, 1.165) is 20.9 Å². The summed E-state index contributed by atoms with van der Waals surface area (Å²) in [6.45, 7) is 4.42. The molecule has 0 saturated heterocycles. The number of anilines is 2. The van der Waals surface area contributed by atoms with Crippen molar-refractivity contribution in [2.24, 2.45) is 0 Å². The van der Waals surface area contributed by atoms with Crippen molar-refractivity contribution in [2.45, 2.75) is 30.6 Å². The van der Waals surface area contributed by atoms with Gasteiger partial charge in [0.2, 0.25) is 0 Å². The largest absolute Gasteiger partial charge is 0.486 e. The molecule has 0 aliphatic heterocycles. The van der Waals surface area contributed by atoms with Crippen LogP contribution >= 0.6 is 23.1 Å². The lowest BCUT2D eigenvalue weighted by atomic mass is 10.2. The predicted molar refractivity (Wildman–Crippen MR) is 113 cm³/mol. The Kier molecular flexibility index (Phi) is 5.50. The highest BCUT2D eigenvalue weighted by Gasteiger charge is 2.15. The first kappa shape index (κ1) is 18.8. The normalized spacial score (nSPS) is 11.3. The molecule has 2 N–H and O–H groups in total. The summed E-state index contributed by atoms with van der Waals surface area (Å²) in [7, 11) is 0. The zero-order valence-corrected chi connectivity index (χ0v) is 17.0. The molecule has 0 radical (unpaired) electrons. The monoisotopic (exact) mass is 414 g/mol. The number of ether oxygens (including phenoxy) is 1. The van der Waals surface area contributed by atoms with E-state index in [0.29, 0.717) is 22.4 Å². The number of hydrogen-bond donors (Lipinski definition) is 2. The number of rotatable bonds is 7. The van der Waals surface area contributed by atoms with Crippen molar-refractivity contribution in [3.05, 3.63) is 59.4 Å². The number of thiazole rings is 1. The molecule has 2 heterocycles. The van der Waals surface area contributed by atoms with Gasteiger partial charge in [0.25, 0.3) is 0 Å². The molecular formula is C20H19FN4OS2. The van der Waals surface area contributed by atoms with Crippen LogP contribution in [0, 0.1) is 5.82 Å². The Morgan fingerprint density at radius 1 is 1.29 bits per heavy atom. The number of fused-ring (bicyclic) bond motifs is 1. The highest BCUT2D eigenvalue weighted by atomic mass is 32.2. The molecule has 0 saturated carbocycles. The lowest BCUT2D eigenvalue weighted by molar-refractivity contribution is 0.302. The van der Waals surface area contributed by atoms with Crippen LogP contribution in [0.4, 0.5) is 15.3 Å². The van der Waals surface area contributed by atoms with Gasteiger partial charge in [-0.15, -0.1) is 23.1 Å². The van der Waals surface area contributed by atoms with Gasteiger partial charge < -0.3 is 10.1 Å². The Balaban J connectivity index is 1.69. The van der Waals surface area contributed by atoms with Gasteiger partial charge in [-0.05, 0) is 18.2 Å². The third-order valence-corrected chi connectivity index (χ3v) is 5.65. The van der Waals surface area contributed by atoms with Crippen LogP contribution in [-0.4, -0.2) is 20.4 Å². The first-order valence-electron chi connectivity index (χ1n) is 8.81. The second-order valence-electron chi connectivity index (χ2n) is 6.43. The first-order chi connectivity index (χ1) is 13.6. The van der Waals surface area contributed by atoms with Crippen LogP contribution in [0.15, 0.2) is 52.9 Å². The van der Waals surface area contributed by atoms with Crippen molar-refractivity contribution in [3.63, 3.8) is 0 Å². The van der Waals surface area contributed by atoms with Crippen LogP contribution in [0.3, 0.4) is 0 Å². The molecular weight excluding hydrogens is 395 g/mol. The van der Waals surface area contributed by atoms with Gasteiger partial charge in [-0.2, -0.15) is 5.10 Å². The Morgan fingerprint density at radius 3 is 2.89 bits per heavy atom. The van der Waals surface area contributed by atoms with Gasteiger partial charge in [0, 0.05) is 32.7 Å². The molecule has 5 nitrogen and oxygen atoms in total. The number of halogens is 1. The highest BCUT2D eigenvalue weighted by Crippen LogP contribution is 2.37. The lowest BCUT2D eigenvalue weighted by Crippen LogP contribution is -1.99. The van der Waals surface area contributed by atoms with E-state index in [-0.39, 0.29) is 12.4 Å². The zero-order valence-electron chi connectivity index (χ0n) is 15.4. The van der Waals surface area contributed by atoms with E-state index >= 15 is 0 Å². The molecule has 0 amide bonds. The summed E-state index contributed by atoms with van der Waals surface area (Å²) in [5.74, 6) is 1.05. The minimum atomic E-state index is -0.276. The third-order valence-electron chi connectivity index (χ3n) is 3.98. The van der Waals surface area contributed by atoms with Gasteiger partial charge in [-0.3, -0.25) is 5.10 Å². The van der Waals surface area contributed by atoms with Crippen molar-refractivity contribution in [3.8, 4) is 5.75 Å². The Labute approximate surface area is 170 Å². The van der Waals surface area contributed by atoms with Crippen molar-refractivity contribution >= 4 is 45.0 Å². The summed E-state index contributed by atoms with van der Waals surface area (Å²) < 4.78 is 19.9. The maximum atomic E-state index is 14.0. The van der Waals surface area contributed by atoms with E-state index < -0.39 is 0 Å². The maximum absolute atomic E-state index is 14.0. The van der Waals surface area contributed by atoms with E-state index in [9.17, 15) is 4.39 Å². The average Bonchev–Trinajstić information content (AvgIpc) is 3.31. The van der Waals surface area contributed by atoms with Crippen molar-refractivity contribution in [1.29, 1.82) is 0 Å². The van der Waals surface area contributed by atoms with Gasteiger partial charge in [-0.25, -0.2) is 9.37 Å². The van der Waals surface area contributed by atoms with Gasteiger partial charge in [0.1, 0.15) is 23.7 Å². The van der Waals surface area contributed by atoms with Crippen LogP contribution < -0.4 is 10.1 Å². The molecule has 28 heavy (non-hydrogen) atoms. The number of aromatic nitrogens is 3. The molecule has 2 aromatic heterocycles. The number of H-pyrrole nitrogens is 1. The summed E-state index contributed by atoms with van der Waals surface area (Å²) in [6.07, 6.45) is 1.74. The van der Waals surface area contributed by atoms with Crippen LogP contribution in [0.2, 0.25) is 0 Å². The van der Waals surface area contributed by atoms with Gasteiger partial charge in [0.15, 0.2) is 10.9 Å². The molecule has 0 unspecified atom stereocenters. The van der Waals surface area contributed by atoms with Crippen LogP contribution in [0.5, 0.6) is 5.75 Å². The van der Waals surface area contributed by atoms with Crippen LogP contribution in [-0.2, 0) is 6.61 Å². The summed E-state index contributed by atoms with van der Waals surface area (Å²) in [5.41, 5.74) is 1.28. The number of nitrogens with one attached hydrogen (secondary N) is 2. The van der Waals surface area contributed by atoms with E-state index in [1.165, 1.54) is 17.4 Å². The lowest BCUT2D eigenvalue weighted by Gasteiger charge is -2.11. The number of hydrogen-bond acceptors (Lipinski definition) is 6. The zero-order chi connectivity index (χ0) is 19.5. The topological polar surface area (TPSA) is 62.8 Å². The second kappa shape index (κ2) is 8.20. The molecule has 0 aliphatic carbocycles. The number of thioether (sulfide) groups is 1. The predicted octanol–water partition coefficient (Wildman–Crippen LogP) is 5.98. The molecule has 2 aromatic carbocycles. The van der Waals surface area contributed by atoms with Gasteiger partial charge >= 0.3 is 0 Å². The van der Waals surface area contributed by atoms with E-state index in [4.69, 9.17) is 4.74 Å². The van der Waals surface area contributed by atoms with Gasteiger partial charge in [-0.1, -0.05) is 32.0 Å². The minimum absolute atomic E-state index is 0.145. The van der Waals surface area contributed by atoms with Crippen molar-refractivity contribution in [1.82, 2.24) is 15.2 Å². The quantitative estimate of drug-likeness (QED) is 0.364. The molecule has 0 bridgehead atoms. The third kappa shape index (κ3) is 4.13. The van der Waals surface area contributed by atoms with Crippen LogP contribution in [0.1, 0.15) is 19.4 Å². The van der Waals surface area contributed by atoms with E-state index in [1.807, 2.05) is 11.4 Å². The number of benzene rings is 2. The van der Waals surface area contributed by atoms with Crippen LogP contribution in [0.25, 0.3) is 10.9 Å². The Hall–Kier alpha value is -2.58. The summed E-state index contributed by atoms with van der Waals surface area (Å²) >= 11 is 3.24. The van der Waals surface area contributed by atoms with Crippen molar-refractivity contribution < 1.29 is 9.13 Å². The van der Waals surface area contributed by atoms with Gasteiger partial charge in [0.05, 0.1) is 0 Å². The molecule has 0 atom stereocenters. The summed E-state index contributed by atoms with van der Waals surface area (Å²) in [6, 6.07) is 10.7.